The van der Waals surface area contributed by atoms with Gasteiger partial charge in [0.05, 0.1) is 17.6 Å². The molecule has 0 bridgehead atoms. The van der Waals surface area contributed by atoms with Crippen molar-refractivity contribution >= 4 is 23.3 Å². The molecule has 0 N–H and O–H groups in total. The Hall–Kier alpha value is -2.40. The Kier molecular flexibility index (Phi) is 4.00. The monoisotopic (exact) mass is 291 g/mol. The van der Waals surface area contributed by atoms with E-state index in [-0.39, 0.29) is 11.3 Å². The molecule has 0 aliphatic heterocycles. The molecule has 6 heteroatoms. The Morgan fingerprint density at radius 2 is 1.95 bits per heavy atom. The zero-order valence-electron chi connectivity index (χ0n) is 10.5. The van der Waals surface area contributed by atoms with Crippen molar-refractivity contribution in [2.75, 3.05) is 7.11 Å². The molecule has 0 aliphatic rings. The van der Waals surface area contributed by atoms with Crippen LogP contribution in [0.4, 0.5) is 5.69 Å². The lowest BCUT2D eigenvalue weighted by Crippen LogP contribution is -2.02. The van der Waals surface area contributed by atoms with E-state index in [1.54, 1.807) is 24.3 Å². The first kappa shape index (κ1) is 14.0. The van der Waals surface area contributed by atoms with Crippen LogP contribution in [-0.2, 0) is 4.74 Å². The topological polar surface area (TPSA) is 69.4 Å². The average molecular weight is 292 g/mol. The van der Waals surface area contributed by atoms with Crippen LogP contribution < -0.4 is 0 Å². The quantitative estimate of drug-likeness (QED) is 0.491. The molecule has 20 heavy (non-hydrogen) atoms. The number of methoxy groups -OCH3 is 1. The Morgan fingerprint density at radius 3 is 2.55 bits per heavy atom. The first-order valence-corrected chi connectivity index (χ1v) is 6.03. The molecule has 0 heterocycles. The van der Waals surface area contributed by atoms with Gasteiger partial charge in [0.1, 0.15) is 0 Å². The molecule has 0 unspecified atom stereocenters. The van der Waals surface area contributed by atoms with E-state index in [0.717, 1.165) is 0 Å². The Bertz CT molecular complexity index is 685. The molecule has 2 aromatic carbocycles. The predicted molar refractivity (Wildman–Crippen MR) is 74.9 cm³/mol. The number of carbonyl (C=O) groups excluding carboxylic acids is 1. The second-order valence-corrected chi connectivity index (χ2v) is 4.40. The lowest BCUT2D eigenvalue weighted by atomic mass is 10.0. The first-order valence-electron chi connectivity index (χ1n) is 5.65. The number of nitro benzene ring substituents is 1. The minimum absolute atomic E-state index is 0.108. The molecule has 5 nitrogen and oxygen atoms in total. The largest absolute Gasteiger partial charge is 0.465 e. The van der Waals surface area contributed by atoms with Gasteiger partial charge in [-0.05, 0) is 17.7 Å². The summed E-state index contributed by atoms with van der Waals surface area (Å²) in [5.74, 6) is -0.637. The summed E-state index contributed by atoms with van der Waals surface area (Å²) in [5.41, 5.74) is 1.02. The zero-order valence-corrected chi connectivity index (χ0v) is 11.3. The highest BCUT2D eigenvalue weighted by Crippen LogP contribution is 2.31. The van der Waals surface area contributed by atoms with Gasteiger partial charge in [0.2, 0.25) is 0 Å². The summed E-state index contributed by atoms with van der Waals surface area (Å²) >= 11 is 6.07. The number of nitro groups is 1. The summed E-state index contributed by atoms with van der Waals surface area (Å²) in [5, 5.41) is 11.4. The van der Waals surface area contributed by atoms with Gasteiger partial charge in [-0.2, -0.15) is 0 Å². The fourth-order valence-electron chi connectivity index (χ4n) is 1.80. The summed E-state index contributed by atoms with van der Waals surface area (Å²) in [4.78, 5) is 22.0. The third kappa shape index (κ3) is 2.78. The van der Waals surface area contributed by atoms with Crippen LogP contribution in [0.1, 0.15) is 10.4 Å². The molecule has 0 spiro atoms. The van der Waals surface area contributed by atoms with Gasteiger partial charge in [-0.1, -0.05) is 29.8 Å². The lowest BCUT2D eigenvalue weighted by molar-refractivity contribution is -0.384. The first-order chi connectivity index (χ1) is 9.52. The number of rotatable bonds is 3. The normalized spacial score (nSPS) is 10.1. The van der Waals surface area contributed by atoms with Crippen molar-refractivity contribution in [2.24, 2.45) is 0 Å². The third-order valence-electron chi connectivity index (χ3n) is 2.73. The molecule has 0 fully saturated rings. The molecule has 0 amide bonds. The maximum Gasteiger partial charge on any atom is 0.338 e. The van der Waals surface area contributed by atoms with E-state index in [9.17, 15) is 14.9 Å². The van der Waals surface area contributed by atoms with Crippen molar-refractivity contribution in [3.8, 4) is 11.1 Å². The highest BCUT2D eigenvalue weighted by Gasteiger charge is 2.16. The van der Waals surface area contributed by atoms with Gasteiger partial charge in [0, 0.05) is 22.7 Å². The number of esters is 1. The highest BCUT2D eigenvalue weighted by molar-refractivity contribution is 6.33. The van der Waals surface area contributed by atoms with Gasteiger partial charge >= 0.3 is 5.97 Å². The highest BCUT2D eigenvalue weighted by atomic mass is 35.5. The van der Waals surface area contributed by atoms with E-state index in [1.165, 1.54) is 25.3 Å². The summed E-state index contributed by atoms with van der Waals surface area (Å²) in [7, 11) is 1.22. The molecule has 0 aliphatic carbocycles. The second kappa shape index (κ2) is 5.71. The molecule has 0 radical (unpaired) electrons. The van der Waals surface area contributed by atoms with E-state index in [2.05, 4.69) is 4.74 Å². The summed E-state index contributed by atoms with van der Waals surface area (Å²) < 4.78 is 4.60. The van der Waals surface area contributed by atoms with E-state index >= 15 is 0 Å². The molecule has 2 aromatic rings. The van der Waals surface area contributed by atoms with Gasteiger partial charge in [-0.25, -0.2) is 4.79 Å². The van der Waals surface area contributed by atoms with Crippen molar-refractivity contribution in [1.29, 1.82) is 0 Å². The second-order valence-electron chi connectivity index (χ2n) is 4.00. The fraction of sp³-hybridized carbons (Fsp3) is 0.0714. The average Bonchev–Trinajstić information content (AvgIpc) is 2.46. The maximum absolute atomic E-state index is 11.6. The van der Waals surface area contributed by atoms with E-state index in [0.29, 0.717) is 16.1 Å². The number of halogens is 1. The SMILES string of the molecule is COC(=O)c1cc(-c2ccccc2Cl)cc([N+](=O)[O-])c1. The van der Waals surface area contributed by atoms with Crippen molar-refractivity contribution in [1.82, 2.24) is 0 Å². The molecule has 0 saturated carbocycles. The minimum Gasteiger partial charge on any atom is -0.465 e. The lowest BCUT2D eigenvalue weighted by Gasteiger charge is -2.06. The van der Waals surface area contributed by atoms with Gasteiger partial charge in [0.25, 0.3) is 5.69 Å². The van der Waals surface area contributed by atoms with Gasteiger partial charge < -0.3 is 4.74 Å². The van der Waals surface area contributed by atoms with Crippen LogP contribution >= 0.6 is 11.6 Å². The van der Waals surface area contributed by atoms with Crippen LogP contribution in [0, 0.1) is 10.1 Å². The van der Waals surface area contributed by atoms with Crippen LogP contribution in [0.2, 0.25) is 5.02 Å². The standard InChI is InChI=1S/C14H10ClNO4/c1-20-14(17)10-6-9(7-11(8-10)16(18)19)12-4-2-3-5-13(12)15/h2-8H,1H3. The number of carbonyl (C=O) groups is 1. The molecule has 0 atom stereocenters. The Morgan fingerprint density at radius 1 is 1.25 bits per heavy atom. The zero-order chi connectivity index (χ0) is 14.7. The van der Waals surface area contributed by atoms with Crippen LogP contribution in [0.25, 0.3) is 11.1 Å². The Balaban J connectivity index is 2.64. The molecule has 0 aromatic heterocycles. The van der Waals surface area contributed by atoms with E-state index < -0.39 is 10.9 Å². The van der Waals surface area contributed by atoms with Crippen molar-refractivity contribution in [3.05, 3.63) is 63.2 Å². The molecular formula is C14H10ClNO4. The Labute approximate surface area is 119 Å². The van der Waals surface area contributed by atoms with Gasteiger partial charge in [-0.3, -0.25) is 10.1 Å². The van der Waals surface area contributed by atoms with Crippen molar-refractivity contribution in [2.45, 2.75) is 0 Å². The third-order valence-corrected chi connectivity index (χ3v) is 3.06. The fourth-order valence-corrected chi connectivity index (χ4v) is 2.05. The van der Waals surface area contributed by atoms with Crippen molar-refractivity contribution < 1.29 is 14.5 Å². The van der Waals surface area contributed by atoms with Crippen molar-refractivity contribution in [3.63, 3.8) is 0 Å². The van der Waals surface area contributed by atoms with E-state index in [1.807, 2.05) is 0 Å². The smallest absolute Gasteiger partial charge is 0.338 e. The van der Waals surface area contributed by atoms with Crippen LogP contribution in [0.15, 0.2) is 42.5 Å². The van der Waals surface area contributed by atoms with Crippen LogP contribution in [0.3, 0.4) is 0 Å². The van der Waals surface area contributed by atoms with Crippen LogP contribution in [-0.4, -0.2) is 18.0 Å². The van der Waals surface area contributed by atoms with Gasteiger partial charge in [0.15, 0.2) is 0 Å². The number of non-ortho nitro benzene ring substituents is 1. The summed E-state index contributed by atoms with van der Waals surface area (Å²) in [6, 6.07) is 11.0. The predicted octanol–water partition coefficient (Wildman–Crippen LogP) is 3.70. The minimum atomic E-state index is -0.637. The summed E-state index contributed by atoms with van der Waals surface area (Å²) in [6.07, 6.45) is 0. The molecule has 102 valence electrons. The van der Waals surface area contributed by atoms with Gasteiger partial charge in [-0.15, -0.1) is 0 Å². The van der Waals surface area contributed by atoms with Crippen LogP contribution in [0.5, 0.6) is 0 Å². The maximum atomic E-state index is 11.6. The molecule has 0 saturated heterocycles. The number of benzene rings is 2. The summed E-state index contributed by atoms with van der Waals surface area (Å²) in [6.45, 7) is 0. The number of hydrogen-bond acceptors (Lipinski definition) is 4. The number of nitrogens with zero attached hydrogens (tertiary/aromatic N) is 1. The molecular weight excluding hydrogens is 282 g/mol. The number of ether oxygens (including phenoxy) is 1. The van der Waals surface area contributed by atoms with E-state index in [4.69, 9.17) is 11.6 Å². The number of hydrogen-bond donors (Lipinski definition) is 0. The molecule has 2 rings (SSSR count).